The lowest BCUT2D eigenvalue weighted by Crippen LogP contribution is -2.45. The molecule has 1 aliphatic rings. The molecule has 3 rings (SSSR count). The van der Waals surface area contributed by atoms with Crippen molar-refractivity contribution in [3.63, 3.8) is 0 Å². The Morgan fingerprint density at radius 3 is 2.85 bits per heavy atom. The molecule has 2 aromatic rings. The van der Waals surface area contributed by atoms with Gasteiger partial charge in [0.25, 0.3) is 5.91 Å². The molecule has 0 saturated carbocycles. The minimum atomic E-state index is -0.709. The molecule has 140 valence electrons. The number of hydrogen-bond acceptors (Lipinski definition) is 4. The first kappa shape index (κ1) is 19.0. The van der Waals surface area contributed by atoms with E-state index in [9.17, 15) is 9.59 Å². The summed E-state index contributed by atoms with van der Waals surface area (Å²) >= 11 is 1.25. The molecule has 1 atom stereocenters. The highest BCUT2D eigenvalue weighted by molar-refractivity contribution is 7.15. The maximum atomic E-state index is 12.7. The van der Waals surface area contributed by atoms with Gasteiger partial charge in [-0.3, -0.25) is 4.79 Å². The maximum absolute atomic E-state index is 12.7. The molecular weight excluding hydrogens is 360 g/mol. The van der Waals surface area contributed by atoms with Gasteiger partial charge in [-0.05, 0) is 50.1 Å². The fourth-order valence-corrected chi connectivity index (χ4v) is 3.80. The molecule has 1 aromatic heterocycles. The zero-order valence-electron chi connectivity index (χ0n) is 15.1. The second-order valence-corrected chi connectivity index (χ2v) is 7.53. The summed E-state index contributed by atoms with van der Waals surface area (Å²) < 4.78 is 0. The van der Waals surface area contributed by atoms with Crippen molar-refractivity contribution in [2.45, 2.75) is 25.8 Å². The molecule has 3 amide bonds. The third kappa shape index (κ3) is 5.33. The predicted molar refractivity (Wildman–Crippen MR) is 108 cm³/mol. The molecular formula is C20H22N4O2S. The Morgan fingerprint density at radius 1 is 1.30 bits per heavy atom. The van der Waals surface area contributed by atoms with Crippen LogP contribution in [-0.2, 0) is 0 Å². The van der Waals surface area contributed by atoms with Crippen molar-refractivity contribution < 1.29 is 9.59 Å². The van der Waals surface area contributed by atoms with E-state index in [0.29, 0.717) is 15.4 Å². The van der Waals surface area contributed by atoms with Crippen LogP contribution in [0.15, 0.2) is 30.3 Å². The van der Waals surface area contributed by atoms with Gasteiger partial charge in [0.1, 0.15) is 4.88 Å². The Bertz CT molecular complexity index is 904. The topological polar surface area (TPSA) is 96.2 Å². The predicted octanol–water partition coefficient (Wildman–Crippen LogP) is 2.43. The number of benzene rings is 1. The van der Waals surface area contributed by atoms with Crippen LogP contribution >= 0.6 is 11.3 Å². The number of hydrogen-bond donors (Lipinski definition) is 4. The van der Waals surface area contributed by atoms with Crippen molar-refractivity contribution in [2.75, 3.05) is 18.4 Å². The van der Waals surface area contributed by atoms with Crippen LogP contribution in [-0.4, -0.2) is 31.1 Å². The molecule has 0 bridgehead atoms. The maximum Gasteiger partial charge on any atom is 0.316 e. The van der Waals surface area contributed by atoms with E-state index in [4.69, 9.17) is 5.73 Å². The molecule has 1 unspecified atom stereocenters. The van der Waals surface area contributed by atoms with E-state index in [-0.39, 0.29) is 11.9 Å². The van der Waals surface area contributed by atoms with Gasteiger partial charge in [-0.25, -0.2) is 4.79 Å². The van der Waals surface area contributed by atoms with E-state index in [2.05, 4.69) is 27.8 Å². The van der Waals surface area contributed by atoms with Crippen LogP contribution in [0.4, 0.5) is 10.5 Å². The molecule has 0 spiro atoms. The molecule has 0 radical (unpaired) electrons. The normalized spacial score (nSPS) is 16.1. The number of nitrogens with two attached hydrogens (primary N) is 1. The van der Waals surface area contributed by atoms with Crippen molar-refractivity contribution in [1.29, 1.82) is 0 Å². The van der Waals surface area contributed by atoms with Gasteiger partial charge in [-0.15, -0.1) is 11.3 Å². The first-order valence-electron chi connectivity index (χ1n) is 8.82. The average molecular weight is 382 g/mol. The summed E-state index contributed by atoms with van der Waals surface area (Å²) in [6, 6.07) is 8.94. The van der Waals surface area contributed by atoms with Gasteiger partial charge in [0.05, 0.1) is 10.6 Å². The molecule has 27 heavy (non-hydrogen) atoms. The van der Waals surface area contributed by atoms with E-state index in [1.54, 1.807) is 6.07 Å². The minimum absolute atomic E-state index is 0.0802. The van der Waals surface area contributed by atoms with Crippen molar-refractivity contribution in [2.24, 2.45) is 5.73 Å². The number of thiophene rings is 1. The van der Waals surface area contributed by atoms with Gasteiger partial charge in [-0.1, -0.05) is 24.0 Å². The molecule has 1 aromatic carbocycles. The highest BCUT2D eigenvalue weighted by Gasteiger charge is 2.21. The number of nitrogens with one attached hydrogen (secondary N) is 3. The third-order valence-corrected chi connectivity index (χ3v) is 5.23. The lowest BCUT2D eigenvalue weighted by Gasteiger charge is -2.23. The lowest BCUT2D eigenvalue weighted by atomic mass is 10.1. The summed E-state index contributed by atoms with van der Waals surface area (Å²) in [5, 5.41) is 8.80. The van der Waals surface area contributed by atoms with Gasteiger partial charge in [0, 0.05) is 18.2 Å². The number of carbonyl (C=O) groups excluding carboxylic acids is 2. The zero-order chi connectivity index (χ0) is 19.2. The van der Waals surface area contributed by atoms with E-state index in [1.165, 1.54) is 11.3 Å². The number of aryl methyl sites for hydroxylation is 1. The first-order chi connectivity index (χ1) is 13.0. The van der Waals surface area contributed by atoms with Crippen molar-refractivity contribution >= 4 is 29.0 Å². The van der Waals surface area contributed by atoms with Gasteiger partial charge >= 0.3 is 6.03 Å². The smallest absolute Gasteiger partial charge is 0.316 e. The summed E-state index contributed by atoms with van der Waals surface area (Å²) in [5.74, 6) is 5.93. The largest absolute Gasteiger partial charge is 0.351 e. The Balaban J connectivity index is 1.82. The summed E-state index contributed by atoms with van der Waals surface area (Å²) in [5.41, 5.74) is 7.66. The van der Waals surface area contributed by atoms with Gasteiger partial charge in [0.2, 0.25) is 0 Å². The molecule has 6 nitrogen and oxygen atoms in total. The van der Waals surface area contributed by atoms with Crippen molar-refractivity contribution in [1.82, 2.24) is 10.6 Å². The zero-order valence-corrected chi connectivity index (χ0v) is 15.9. The number of amides is 3. The van der Waals surface area contributed by atoms with E-state index >= 15 is 0 Å². The summed E-state index contributed by atoms with van der Waals surface area (Å²) in [6.07, 6.45) is 1.96. The monoisotopic (exact) mass is 382 g/mol. The number of primary amides is 1. The molecule has 2 heterocycles. The average Bonchev–Trinajstić information content (AvgIpc) is 3.03. The minimum Gasteiger partial charge on any atom is -0.351 e. The first-order valence-corrected chi connectivity index (χ1v) is 9.63. The standard InChI is InChI=1S/C20H22N4O2S/c1-13-4-2-5-14(10-13)7-8-16-11-17(24-20(21)26)18(27-16)19(25)23-15-6-3-9-22-12-15/h2,4-5,10-11,15,22H,3,6,9,12H2,1H3,(H,23,25)(H3,21,24,26). The number of rotatable bonds is 3. The molecule has 1 aliphatic heterocycles. The summed E-state index contributed by atoms with van der Waals surface area (Å²) in [4.78, 5) is 25.1. The SMILES string of the molecule is Cc1cccc(C#Cc2cc(NC(N)=O)c(C(=O)NC3CCCNC3)s2)c1. The van der Waals surface area contributed by atoms with Crippen LogP contribution in [0.1, 0.15) is 38.5 Å². The second kappa shape index (κ2) is 8.71. The van der Waals surface area contributed by atoms with Gasteiger partial charge in [-0.2, -0.15) is 0 Å². The Labute approximate surface area is 162 Å². The number of urea groups is 1. The molecule has 0 aliphatic carbocycles. The van der Waals surface area contributed by atoms with Crippen molar-refractivity contribution in [3.8, 4) is 11.8 Å². The van der Waals surface area contributed by atoms with E-state index in [0.717, 1.165) is 37.1 Å². The molecule has 5 N–H and O–H groups in total. The summed E-state index contributed by atoms with van der Waals surface area (Å²) in [7, 11) is 0. The van der Waals surface area contributed by atoms with Crippen LogP contribution < -0.4 is 21.7 Å². The highest BCUT2D eigenvalue weighted by atomic mass is 32.1. The number of anilines is 1. The fourth-order valence-electron chi connectivity index (χ4n) is 2.93. The van der Waals surface area contributed by atoms with Crippen LogP contribution in [0, 0.1) is 18.8 Å². The van der Waals surface area contributed by atoms with Crippen LogP contribution in [0.25, 0.3) is 0 Å². The van der Waals surface area contributed by atoms with Crippen LogP contribution in [0.2, 0.25) is 0 Å². The van der Waals surface area contributed by atoms with E-state index < -0.39 is 6.03 Å². The van der Waals surface area contributed by atoms with Gasteiger partial charge < -0.3 is 21.7 Å². The molecule has 1 fully saturated rings. The molecule has 7 heteroatoms. The lowest BCUT2D eigenvalue weighted by molar-refractivity contribution is 0.0935. The third-order valence-electron chi connectivity index (χ3n) is 4.18. The van der Waals surface area contributed by atoms with Gasteiger partial charge in [0.15, 0.2) is 0 Å². The van der Waals surface area contributed by atoms with Crippen LogP contribution in [0.5, 0.6) is 0 Å². The van der Waals surface area contributed by atoms with Crippen molar-refractivity contribution in [3.05, 3.63) is 51.2 Å². The Kier molecular flexibility index (Phi) is 6.12. The van der Waals surface area contributed by atoms with E-state index in [1.807, 2.05) is 31.2 Å². The quantitative estimate of drug-likeness (QED) is 0.614. The summed E-state index contributed by atoms with van der Waals surface area (Å²) in [6.45, 7) is 3.72. The fraction of sp³-hybridized carbons (Fsp3) is 0.300. The molecule has 1 saturated heterocycles. The highest BCUT2D eigenvalue weighted by Crippen LogP contribution is 2.27. The Morgan fingerprint density at radius 2 is 2.15 bits per heavy atom. The second-order valence-electron chi connectivity index (χ2n) is 6.48. The number of piperidine rings is 1. The Hall–Kier alpha value is -2.82. The van der Waals surface area contributed by atoms with Crippen LogP contribution in [0.3, 0.4) is 0 Å². The number of carbonyl (C=O) groups is 2.